The molecule has 12 nitrogen and oxygen atoms in total. The Labute approximate surface area is 202 Å². The standard InChI is InChI=1S/C22H27N6O6P/c1-3-33-22(30)27-11-13-28(14-12-27)35(31,34-17-7-5-4-6-8-17)26-16-9-10-18-19(15-16)24-20(23-18)25-21(29)32-2/h4-10,15H,3,11-14H2,1-2H3,(H,26,31)(H2,23,24,25,29)/t35-/m1/s1. The van der Waals surface area contributed by atoms with Crippen LogP contribution in [0.1, 0.15) is 6.92 Å². The smallest absolute Gasteiger partial charge is 0.419 e. The molecule has 0 bridgehead atoms. The quantitative estimate of drug-likeness (QED) is 0.407. The fraction of sp³-hybridized carbons (Fsp3) is 0.318. The number of H-pyrrole nitrogens is 1. The van der Waals surface area contributed by atoms with E-state index in [1.54, 1.807) is 59.0 Å². The number of nitrogens with one attached hydrogen (secondary N) is 3. The molecule has 2 heterocycles. The van der Waals surface area contributed by atoms with Gasteiger partial charge in [-0.3, -0.25) is 10.4 Å². The van der Waals surface area contributed by atoms with Gasteiger partial charge in [-0.2, -0.15) is 0 Å². The highest BCUT2D eigenvalue weighted by molar-refractivity contribution is 7.58. The molecule has 1 saturated heterocycles. The molecule has 1 aromatic heterocycles. The lowest BCUT2D eigenvalue weighted by atomic mass is 10.3. The Balaban J connectivity index is 1.56. The van der Waals surface area contributed by atoms with Crippen molar-refractivity contribution in [2.75, 3.05) is 50.3 Å². The summed E-state index contributed by atoms with van der Waals surface area (Å²) in [5.74, 6) is 0.672. The Morgan fingerprint density at radius 1 is 1.11 bits per heavy atom. The molecule has 186 valence electrons. The minimum atomic E-state index is -3.63. The number of hydrogen-bond donors (Lipinski definition) is 3. The molecule has 1 aliphatic rings. The van der Waals surface area contributed by atoms with Crippen LogP contribution in [0.5, 0.6) is 5.75 Å². The van der Waals surface area contributed by atoms with Crippen LogP contribution in [-0.2, 0) is 14.0 Å². The molecular weight excluding hydrogens is 475 g/mol. The van der Waals surface area contributed by atoms with Gasteiger partial charge in [0.25, 0.3) is 0 Å². The summed E-state index contributed by atoms with van der Waals surface area (Å²) in [4.78, 5) is 32.4. The van der Waals surface area contributed by atoms with Crippen LogP contribution in [0.3, 0.4) is 0 Å². The molecule has 2 aromatic carbocycles. The van der Waals surface area contributed by atoms with E-state index >= 15 is 0 Å². The summed E-state index contributed by atoms with van der Waals surface area (Å²) in [5, 5.41) is 5.54. The summed E-state index contributed by atoms with van der Waals surface area (Å²) in [6.07, 6.45) is -1.04. The van der Waals surface area contributed by atoms with Crippen LogP contribution < -0.4 is 14.9 Å². The molecular formula is C22H27N6O6P. The average molecular weight is 502 g/mol. The van der Waals surface area contributed by atoms with Gasteiger partial charge in [0.15, 0.2) is 0 Å². The number of carbonyl (C=O) groups excluding carboxylic acids is 2. The summed E-state index contributed by atoms with van der Waals surface area (Å²) in [6.45, 7) is 3.41. The fourth-order valence-electron chi connectivity index (χ4n) is 3.58. The van der Waals surface area contributed by atoms with E-state index in [0.29, 0.717) is 55.3 Å². The molecule has 35 heavy (non-hydrogen) atoms. The first kappa shape index (κ1) is 24.4. The summed E-state index contributed by atoms with van der Waals surface area (Å²) in [7, 11) is -2.37. The van der Waals surface area contributed by atoms with Gasteiger partial charge in [0.2, 0.25) is 5.95 Å². The van der Waals surface area contributed by atoms with Gasteiger partial charge < -0.3 is 23.9 Å². The average Bonchev–Trinajstić information content (AvgIpc) is 3.26. The van der Waals surface area contributed by atoms with E-state index in [1.807, 2.05) is 6.07 Å². The predicted molar refractivity (Wildman–Crippen MR) is 131 cm³/mol. The third-order valence-corrected chi connectivity index (χ3v) is 7.43. The lowest BCUT2D eigenvalue weighted by molar-refractivity contribution is 0.0919. The van der Waals surface area contributed by atoms with Crippen molar-refractivity contribution in [3.05, 3.63) is 48.5 Å². The number of aromatic nitrogens is 2. The topological polar surface area (TPSA) is 138 Å². The summed E-state index contributed by atoms with van der Waals surface area (Å²) in [6, 6.07) is 14.1. The number of fused-ring (bicyclic) bond motifs is 1. The number of nitrogens with zero attached hydrogens (tertiary/aromatic N) is 3. The van der Waals surface area contributed by atoms with Gasteiger partial charge in [-0.05, 0) is 37.3 Å². The van der Waals surface area contributed by atoms with Gasteiger partial charge in [-0.1, -0.05) is 18.2 Å². The SMILES string of the molecule is CCOC(=O)N1CCN([P@@](=O)(Nc2ccc3nc(NC(=O)OC)[nH]c3c2)Oc2ccccc2)CC1. The van der Waals surface area contributed by atoms with Crippen molar-refractivity contribution in [2.45, 2.75) is 6.92 Å². The predicted octanol–water partition coefficient (Wildman–Crippen LogP) is 4.11. The van der Waals surface area contributed by atoms with Gasteiger partial charge in [0, 0.05) is 31.9 Å². The zero-order valence-corrected chi connectivity index (χ0v) is 20.3. The molecule has 0 radical (unpaired) electrons. The van der Waals surface area contributed by atoms with Crippen LogP contribution in [-0.4, -0.2) is 71.6 Å². The van der Waals surface area contributed by atoms with Gasteiger partial charge >= 0.3 is 19.9 Å². The number of ether oxygens (including phenoxy) is 2. The van der Waals surface area contributed by atoms with Gasteiger partial charge in [0.05, 0.1) is 24.8 Å². The molecule has 3 aromatic rings. The van der Waals surface area contributed by atoms with Crippen LogP contribution in [0.2, 0.25) is 0 Å². The molecule has 1 atom stereocenters. The molecule has 2 amide bonds. The lowest BCUT2D eigenvalue weighted by Gasteiger charge is -2.37. The minimum absolute atomic E-state index is 0.225. The Morgan fingerprint density at radius 2 is 1.86 bits per heavy atom. The molecule has 1 aliphatic heterocycles. The first-order valence-electron chi connectivity index (χ1n) is 11.0. The van der Waals surface area contributed by atoms with Crippen molar-refractivity contribution < 1.29 is 28.2 Å². The van der Waals surface area contributed by atoms with Crippen molar-refractivity contribution in [1.82, 2.24) is 19.5 Å². The third kappa shape index (κ3) is 5.84. The van der Waals surface area contributed by atoms with Gasteiger partial charge in [-0.15, -0.1) is 0 Å². The van der Waals surface area contributed by atoms with E-state index in [-0.39, 0.29) is 12.0 Å². The van der Waals surface area contributed by atoms with Crippen LogP contribution in [0, 0.1) is 0 Å². The van der Waals surface area contributed by atoms with E-state index in [9.17, 15) is 14.2 Å². The largest absolute Gasteiger partial charge is 0.453 e. The molecule has 4 rings (SSSR count). The molecule has 0 spiro atoms. The summed E-state index contributed by atoms with van der Waals surface area (Å²) in [5.41, 5.74) is 1.74. The zero-order chi connectivity index (χ0) is 24.8. The Hall–Kier alpha value is -3.76. The van der Waals surface area contributed by atoms with Crippen LogP contribution in [0.25, 0.3) is 11.0 Å². The van der Waals surface area contributed by atoms with Crippen LogP contribution >= 0.6 is 7.67 Å². The molecule has 0 unspecified atom stereocenters. The second-order valence-electron chi connectivity index (χ2n) is 7.61. The van der Waals surface area contributed by atoms with E-state index in [4.69, 9.17) is 9.26 Å². The normalized spacial score (nSPS) is 15.8. The lowest BCUT2D eigenvalue weighted by Crippen LogP contribution is -2.48. The number of carbonyl (C=O) groups is 2. The summed E-state index contributed by atoms with van der Waals surface area (Å²) >= 11 is 0. The number of para-hydroxylation sites is 1. The van der Waals surface area contributed by atoms with Gasteiger partial charge in [0.1, 0.15) is 5.75 Å². The highest BCUT2D eigenvalue weighted by Crippen LogP contribution is 2.51. The second-order valence-corrected chi connectivity index (χ2v) is 9.62. The fourth-order valence-corrected chi connectivity index (χ4v) is 5.46. The van der Waals surface area contributed by atoms with Crippen molar-refractivity contribution >= 4 is 42.5 Å². The monoisotopic (exact) mass is 502 g/mol. The molecule has 1 fully saturated rings. The van der Waals surface area contributed by atoms with Crippen LogP contribution in [0.4, 0.5) is 21.2 Å². The summed E-state index contributed by atoms with van der Waals surface area (Å²) < 4.78 is 31.6. The molecule has 3 N–H and O–H groups in total. The maximum absolute atomic E-state index is 14.2. The first-order valence-corrected chi connectivity index (χ1v) is 12.6. The number of methoxy groups -OCH3 is 1. The molecule has 0 saturated carbocycles. The van der Waals surface area contributed by atoms with E-state index in [1.165, 1.54) is 7.11 Å². The first-order chi connectivity index (χ1) is 16.9. The third-order valence-electron chi connectivity index (χ3n) is 5.28. The van der Waals surface area contributed by atoms with Crippen LogP contribution in [0.15, 0.2) is 48.5 Å². The van der Waals surface area contributed by atoms with E-state index in [0.717, 1.165) is 0 Å². The highest BCUT2D eigenvalue weighted by Gasteiger charge is 2.37. The number of anilines is 2. The maximum Gasteiger partial charge on any atom is 0.419 e. The molecule has 0 aliphatic carbocycles. The van der Waals surface area contributed by atoms with E-state index in [2.05, 4.69) is 25.1 Å². The molecule has 13 heteroatoms. The minimum Gasteiger partial charge on any atom is -0.453 e. The van der Waals surface area contributed by atoms with Crippen molar-refractivity contribution in [3.8, 4) is 5.75 Å². The van der Waals surface area contributed by atoms with Crippen molar-refractivity contribution in [3.63, 3.8) is 0 Å². The Morgan fingerprint density at radius 3 is 2.54 bits per heavy atom. The number of imidazole rings is 1. The van der Waals surface area contributed by atoms with Gasteiger partial charge in [-0.25, -0.2) is 23.8 Å². The van der Waals surface area contributed by atoms with Crippen molar-refractivity contribution in [2.24, 2.45) is 0 Å². The zero-order valence-electron chi connectivity index (χ0n) is 19.4. The number of benzene rings is 2. The Bertz CT molecular complexity index is 1230. The number of amides is 2. The van der Waals surface area contributed by atoms with Crippen molar-refractivity contribution in [1.29, 1.82) is 0 Å². The number of hydrogen-bond acceptors (Lipinski definition) is 7. The van der Waals surface area contributed by atoms with E-state index < -0.39 is 13.8 Å². The number of piperazine rings is 1. The maximum atomic E-state index is 14.2. The Kier molecular flexibility index (Phi) is 7.42. The number of aromatic amines is 1. The number of rotatable bonds is 7. The second kappa shape index (κ2) is 10.7. The highest BCUT2D eigenvalue weighted by atomic mass is 31.2.